The number of anilines is 1. The molecule has 42 heavy (non-hydrogen) atoms. The van der Waals surface area contributed by atoms with E-state index < -0.39 is 52.9 Å². The summed E-state index contributed by atoms with van der Waals surface area (Å²) in [6, 6.07) is 10.3. The average molecular weight is 584 g/mol. The van der Waals surface area contributed by atoms with Crippen LogP contribution in [0.25, 0.3) is 0 Å². The lowest BCUT2D eigenvalue weighted by molar-refractivity contribution is -0.135. The minimum absolute atomic E-state index is 0.135. The van der Waals surface area contributed by atoms with Gasteiger partial charge in [-0.05, 0) is 44.2 Å². The number of aliphatic imine (C=N–C) groups is 1. The molecule has 0 unspecified atom stereocenters. The van der Waals surface area contributed by atoms with E-state index in [0.717, 1.165) is 11.4 Å². The van der Waals surface area contributed by atoms with Gasteiger partial charge in [0.15, 0.2) is 11.5 Å². The number of carboxylic acid groups (broad SMARTS) is 1. The standard InChI is InChI=1S/C28H31F2N7O5/c1-28(2,33)14-37(13-20(39)40)23-21(29)26(41-17-6-4-5-16(11-17)25-34-9-10-36(25)3)35-27(22(23)30)42-19-12-15(24(31)32)7-8-18(19)38/h4-8,11-12,38H,9-10,13-14,33H2,1-3H3,(H3,31,32)(H,39,40). The fourth-order valence-corrected chi connectivity index (χ4v) is 4.29. The van der Waals surface area contributed by atoms with Gasteiger partial charge in [0.2, 0.25) is 11.6 Å². The quantitative estimate of drug-likeness (QED) is 0.166. The number of nitrogens with zero attached hydrogens (tertiary/aromatic N) is 4. The van der Waals surface area contributed by atoms with Gasteiger partial charge >= 0.3 is 5.97 Å². The highest BCUT2D eigenvalue weighted by molar-refractivity contribution is 6.00. The van der Waals surface area contributed by atoms with Crippen LogP contribution in [-0.4, -0.2) is 76.5 Å². The van der Waals surface area contributed by atoms with Gasteiger partial charge in [0.05, 0.1) is 6.54 Å². The molecule has 12 nitrogen and oxygen atoms in total. The van der Waals surface area contributed by atoms with E-state index in [0.29, 0.717) is 17.9 Å². The Morgan fingerprint density at radius 2 is 1.86 bits per heavy atom. The van der Waals surface area contributed by atoms with Crippen LogP contribution in [-0.2, 0) is 4.79 Å². The number of carbonyl (C=O) groups is 1. The number of nitrogen functional groups attached to an aromatic ring is 1. The number of carboxylic acids is 1. The van der Waals surface area contributed by atoms with Gasteiger partial charge < -0.3 is 41.0 Å². The summed E-state index contributed by atoms with van der Waals surface area (Å²) in [6.45, 7) is 3.38. The number of phenolic OH excluding ortho intramolecular Hbond substituents is 1. The number of hydrogen-bond acceptors (Lipinski definition) is 10. The first kappa shape index (κ1) is 30.0. The van der Waals surface area contributed by atoms with E-state index >= 15 is 8.78 Å². The molecule has 0 atom stereocenters. The predicted molar refractivity (Wildman–Crippen MR) is 152 cm³/mol. The normalized spacial score (nSPS) is 13.1. The predicted octanol–water partition coefficient (Wildman–Crippen LogP) is 3.25. The second-order valence-corrected chi connectivity index (χ2v) is 10.4. The third kappa shape index (κ3) is 6.83. The molecule has 0 spiro atoms. The molecule has 0 saturated heterocycles. The Balaban J connectivity index is 1.85. The molecule has 7 N–H and O–H groups in total. The van der Waals surface area contributed by atoms with Gasteiger partial charge in [0.25, 0.3) is 11.8 Å². The molecule has 0 bridgehead atoms. The Morgan fingerprint density at radius 3 is 2.45 bits per heavy atom. The lowest BCUT2D eigenvalue weighted by atomic mass is 10.1. The van der Waals surface area contributed by atoms with Gasteiger partial charge in [0, 0.05) is 36.8 Å². The third-order valence-electron chi connectivity index (χ3n) is 6.08. The number of halogens is 2. The largest absolute Gasteiger partial charge is 0.504 e. The van der Waals surface area contributed by atoms with Crippen LogP contribution in [0.4, 0.5) is 14.5 Å². The Kier molecular flexibility index (Phi) is 8.47. The maximum Gasteiger partial charge on any atom is 0.323 e. The van der Waals surface area contributed by atoms with Crippen molar-refractivity contribution < 1.29 is 33.3 Å². The molecule has 2 aromatic carbocycles. The minimum atomic E-state index is -1.37. The van der Waals surface area contributed by atoms with E-state index in [-0.39, 0.29) is 29.4 Å². The highest BCUT2D eigenvalue weighted by atomic mass is 19.1. The van der Waals surface area contributed by atoms with Crippen LogP contribution in [0.5, 0.6) is 29.0 Å². The van der Waals surface area contributed by atoms with Gasteiger partial charge in [-0.15, -0.1) is 0 Å². The number of hydrogen-bond donors (Lipinski definition) is 5. The molecule has 0 fully saturated rings. The highest BCUT2D eigenvalue weighted by Crippen LogP contribution is 2.40. The number of nitrogens with one attached hydrogen (secondary N) is 1. The van der Waals surface area contributed by atoms with E-state index in [9.17, 15) is 15.0 Å². The van der Waals surface area contributed by atoms with Crippen LogP contribution < -0.4 is 25.8 Å². The minimum Gasteiger partial charge on any atom is -0.504 e. The lowest BCUT2D eigenvalue weighted by Crippen LogP contribution is -2.47. The molecule has 14 heteroatoms. The summed E-state index contributed by atoms with van der Waals surface area (Å²) in [4.78, 5) is 22.9. The Labute approximate surface area is 240 Å². The maximum atomic E-state index is 16.0. The van der Waals surface area contributed by atoms with E-state index in [1.807, 2.05) is 11.9 Å². The topological polar surface area (TPSA) is 184 Å². The van der Waals surface area contributed by atoms with Crippen molar-refractivity contribution in [2.75, 3.05) is 38.1 Å². The summed E-state index contributed by atoms with van der Waals surface area (Å²) in [5, 5.41) is 27.5. The van der Waals surface area contributed by atoms with Crippen LogP contribution >= 0.6 is 0 Å². The number of aromatic hydroxyl groups is 1. The molecule has 0 amide bonds. The molecule has 2 heterocycles. The monoisotopic (exact) mass is 583 g/mol. The molecular weight excluding hydrogens is 552 g/mol. The van der Waals surface area contributed by atoms with Crippen LogP contribution in [0.2, 0.25) is 0 Å². The number of aliphatic carboxylic acids is 1. The molecule has 0 aliphatic carbocycles. The van der Waals surface area contributed by atoms with Crippen molar-refractivity contribution in [2.45, 2.75) is 19.4 Å². The molecule has 4 rings (SSSR count). The number of phenols is 1. The van der Waals surface area contributed by atoms with E-state index in [1.165, 1.54) is 24.3 Å². The summed E-state index contributed by atoms with van der Waals surface area (Å²) in [5.74, 6) is -5.91. The molecule has 0 saturated carbocycles. The number of ether oxygens (including phenoxy) is 2. The number of benzene rings is 2. The molecule has 1 aliphatic rings. The van der Waals surface area contributed by atoms with Crippen LogP contribution in [0.15, 0.2) is 47.5 Å². The van der Waals surface area contributed by atoms with Gasteiger partial charge in [-0.2, -0.15) is 13.8 Å². The molecule has 0 radical (unpaired) electrons. The van der Waals surface area contributed by atoms with Crippen molar-refractivity contribution in [3.8, 4) is 29.0 Å². The summed E-state index contributed by atoms with van der Waals surface area (Å²) in [7, 11) is 1.88. The number of nitrogens with two attached hydrogens (primary N) is 2. The van der Waals surface area contributed by atoms with Gasteiger partial charge in [0.1, 0.15) is 29.7 Å². The van der Waals surface area contributed by atoms with Crippen molar-refractivity contribution in [1.29, 1.82) is 5.41 Å². The van der Waals surface area contributed by atoms with Gasteiger partial charge in [-0.3, -0.25) is 15.2 Å². The second-order valence-electron chi connectivity index (χ2n) is 10.4. The fourth-order valence-electron chi connectivity index (χ4n) is 4.29. The molecule has 1 aliphatic heterocycles. The van der Waals surface area contributed by atoms with E-state index in [2.05, 4.69) is 9.98 Å². The summed E-state index contributed by atoms with van der Waals surface area (Å²) >= 11 is 0. The Bertz CT molecular complexity index is 1560. The van der Waals surface area contributed by atoms with E-state index in [4.69, 9.17) is 26.4 Å². The smallest absolute Gasteiger partial charge is 0.323 e. The summed E-state index contributed by atoms with van der Waals surface area (Å²) < 4.78 is 43.3. The first-order valence-electron chi connectivity index (χ1n) is 12.8. The molecule has 1 aromatic heterocycles. The van der Waals surface area contributed by atoms with Crippen LogP contribution in [0, 0.1) is 17.0 Å². The first-order chi connectivity index (χ1) is 19.7. The number of pyridine rings is 1. The van der Waals surface area contributed by atoms with Gasteiger partial charge in [-0.25, -0.2) is 0 Å². The Morgan fingerprint density at radius 1 is 1.17 bits per heavy atom. The van der Waals surface area contributed by atoms with Crippen molar-refractivity contribution >= 4 is 23.3 Å². The Hall–Kier alpha value is -4.98. The molecule has 3 aromatic rings. The number of aromatic nitrogens is 1. The summed E-state index contributed by atoms with van der Waals surface area (Å²) in [5.41, 5.74) is 10.6. The summed E-state index contributed by atoms with van der Waals surface area (Å²) in [6.07, 6.45) is 0. The van der Waals surface area contributed by atoms with Crippen LogP contribution in [0.1, 0.15) is 25.0 Å². The highest BCUT2D eigenvalue weighted by Gasteiger charge is 2.31. The van der Waals surface area contributed by atoms with Crippen molar-refractivity contribution in [3.05, 3.63) is 65.2 Å². The maximum absolute atomic E-state index is 16.0. The van der Waals surface area contributed by atoms with Crippen molar-refractivity contribution in [1.82, 2.24) is 9.88 Å². The zero-order chi connectivity index (χ0) is 30.8. The second kappa shape index (κ2) is 11.9. The van der Waals surface area contributed by atoms with E-state index in [1.54, 1.807) is 32.0 Å². The SMILES string of the molecule is CN1CCN=C1c1cccc(Oc2nc(Oc3cc(C(=N)N)ccc3O)c(F)c(N(CC(=O)O)CC(C)(C)N)c2F)c1. The van der Waals surface area contributed by atoms with Crippen LogP contribution in [0.3, 0.4) is 0 Å². The van der Waals surface area contributed by atoms with Gasteiger partial charge in [-0.1, -0.05) is 12.1 Å². The number of amidine groups is 2. The van der Waals surface area contributed by atoms with Crippen molar-refractivity contribution in [3.63, 3.8) is 0 Å². The number of likely N-dealkylation sites (N-methyl/N-ethyl adjacent to an activating group) is 1. The fraction of sp³-hybridized carbons (Fsp3) is 0.286. The first-order valence-corrected chi connectivity index (χ1v) is 12.8. The molecule has 222 valence electrons. The van der Waals surface area contributed by atoms with Crippen molar-refractivity contribution in [2.24, 2.45) is 16.5 Å². The zero-order valence-electron chi connectivity index (χ0n) is 23.2. The molecular formula is C28H31F2N7O5. The zero-order valence-corrected chi connectivity index (χ0v) is 23.2. The lowest BCUT2D eigenvalue weighted by Gasteiger charge is -2.31. The average Bonchev–Trinajstić information content (AvgIpc) is 3.32. The third-order valence-corrected chi connectivity index (χ3v) is 6.08. The number of rotatable bonds is 11.